The summed E-state index contributed by atoms with van der Waals surface area (Å²) in [6, 6.07) is 15.9. The topological polar surface area (TPSA) is 95.7 Å². The zero-order valence-corrected chi connectivity index (χ0v) is 15.9. The fourth-order valence-corrected chi connectivity index (χ4v) is 2.77. The molecule has 3 rings (SSSR count). The van der Waals surface area contributed by atoms with Crippen LogP contribution in [0.25, 0.3) is 11.3 Å². The molecule has 3 N–H and O–H groups in total. The van der Waals surface area contributed by atoms with E-state index in [4.69, 9.17) is 19.9 Å². The summed E-state index contributed by atoms with van der Waals surface area (Å²) >= 11 is 0. The van der Waals surface area contributed by atoms with E-state index in [0.717, 1.165) is 5.56 Å². The Bertz CT molecular complexity index is 979. The van der Waals surface area contributed by atoms with Gasteiger partial charge in [-0.2, -0.15) is 0 Å². The summed E-state index contributed by atoms with van der Waals surface area (Å²) in [5.74, 6) is 0.974. The second-order valence-electron chi connectivity index (χ2n) is 5.90. The van der Waals surface area contributed by atoms with Crippen LogP contribution in [-0.4, -0.2) is 32.2 Å². The molecule has 28 heavy (non-hydrogen) atoms. The predicted molar refractivity (Wildman–Crippen MR) is 108 cm³/mol. The highest BCUT2D eigenvalue weighted by molar-refractivity contribution is 6.03. The van der Waals surface area contributed by atoms with Crippen molar-refractivity contribution in [3.05, 3.63) is 60.3 Å². The molecule has 3 aromatic rings. The fraction of sp³-hybridized carbons (Fsp3) is 0.143. The van der Waals surface area contributed by atoms with Gasteiger partial charge in [-0.1, -0.05) is 18.2 Å². The minimum atomic E-state index is -0.361. The Labute approximate surface area is 163 Å². The molecule has 0 aliphatic carbocycles. The number of pyridine rings is 1. The van der Waals surface area contributed by atoms with Gasteiger partial charge in [0.15, 0.2) is 11.5 Å². The molecule has 0 aliphatic heterocycles. The van der Waals surface area contributed by atoms with Gasteiger partial charge in [-0.25, -0.2) is 4.98 Å². The van der Waals surface area contributed by atoms with E-state index in [1.807, 2.05) is 24.3 Å². The lowest BCUT2D eigenvalue weighted by atomic mass is 10.1. The average molecular weight is 379 g/mol. The summed E-state index contributed by atoms with van der Waals surface area (Å²) < 4.78 is 15.9. The molecule has 0 unspecified atom stereocenters. The van der Waals surface area contributed by atoms with E-state index in [1.165, 1.54) is 21.3 Å². The quantitative estimate of drug-likeness (QED) is 0.635. The number of nitrogens with zero attached hydrogens (tertiary/aromatic N) is 1. The molecule has 0 saturated carbocycles. The van der Waals surface area contributed by atoms with Crippen molar-refractivity contribution in [1.29, 1.82) is 0 Å². The van der Waals surface area contributed by atoms with Crippen LogP contribution in [0.3, 0.4) is 0 Å². The SMILES string of the molecule is COc1cc(NC(=O)c2cccc(-c3cccc(N)c3)n2)cc(OC)c1OC. The van der Waals surface area contributed by atoms with Gasteiger partial charge in [0.2, 0.25) is 5.75 Å². The molecule has 2 aromatic carbocycles. The van der Waals surface area contributed by atoms with E-state index in [0.29, 0.717) is 34.3 Å². The minimum absolute atomic E-state index is 0.272. The Hall–Kier alpha value is -3.74. The molecule has 0 aliphatic rings. The molecule has 0 radical (unpaired) electrons. The van der Waals surface area contributed by atoms with Crippen molar-refractivity contribution in [2.45, 2.75) is 0 Å². The molecule has 7 heteroatoms. The van der Waals surface area contributed by atoms with Gasteiger partial charge in [0.1, 0.15) is 5.69 Å². The molecule has 0 spiro atoms. The second-order valence-corrected chi connectivity index (χ2v) is 5.90. The summed E-state index contributed by atoms with van der Waals surface area (Å²) in [6.45, 7) is 0. The number of hydrogen-bond donors (Lipinski definition) is 2. The fourth-order valence-electron chi connectivity index (χ4n) is 2.77. The van der Waals surface area contributed by atoms with Crippen LogP contribution in [0.1, 0.15) is 10.5 Å². The first-order valence-electron chi connectivity index (χ1n) is 8.50. The highest BCUT2D eigenvalue weighted by atomic mass is 16.5. The number of anilines is 2. The summed E-state index contributed by atoms with van der Waals surface area (Å²) in [5.41, 5.74) is 8.73. The number of aromatic nitrogens is 1. The second kappa shape index (κ2) is 8.30. The molecule has 1 aromatic heterocycles. The lowest BCUT2D eigenvalue weighted by Gasteiger charge is -2.14. The van der Waals surface area contributed by atoms with Crippen LogP contribution in [0, 0.1) is 0 Å². The Balaban J connectivity index is 1.89. The lowest BCUT2D eigenvalue weighted by Crippen LogP contribution is -2.14. The number of ether oxygens (including phenoxy) is 3. The van der Waals surface area contributed by atoms with Gasteiger partial charge in [-0.05, 0) is 24.3 Å². The molecular weight excluding hydrogens is 358 g/mol. The van der Waals surface area contributed by atoms with E-state index < -0.39 is 0 Å². The molecular formula is C21H21N3O4. The number of hydrogen-bond acceptors (Lipinski definition) is 6. The van der Waals surface area contributed by atoms with Crippen LogP contribution >= 0.6 is 0 Å². The van der Waals surface area contributed by atoms with E-state index >= 15 is 0 Å². The highest BCUT2D eigenvalue weighted by Crippen LogP contribution is 2.40. The van der Waals surface area contributed by atoms with E-state index in [-0.39, 0.29) is 11.6 Å². The van der Waals surface area contributed by atoms with E-state index in [2.05, 4.69) is 10.3 Å². The van der Waals surface area contributed by atoms with Gasteiger partial charge in [0.25, 0.3) is 5.91 Å². The molecule has 0 atom stereocenters. The maximum absolute atomic E-state index is 12.7. The number of rotatable bonds is 6. The summed E-state index contributed by atoms with van der Waals surface area (Å²) in [7, 11) is 4.54. The largest absolute Gasteiger partial charge is 0.493 e. The minimum Gasteiger partial charge on any atom is -0.493 e. The maximum atomic E-state index is 12.7. The van der Waals surface area contributed by atoms with Crippen LogP contribution in [-0.2, 0) is 0 Å². The zero-order chi connectivity index (χ0) is 20.1. The van der Waals surface area contributed by atoms with Gasteiger partial charge in [-0.15, -0.1) is 0 Å². The Morgan fingerprint density at radius 1 is 0.929 bits per heavy atom. The smallest absolute Gasteiger partial charge is 0.274 e. The number of nitrogen functional groups attached to an aromatic ring is 1. The Kier molecular flexibility index (Phi) is 5.64. The van der Waals surface area contributed by atoms with Gasteiger partial charge >= 0.3 is 0 Å². The summed E-state index contributed by atoms with van der Waals surface area (Å²) in [5, 5.41) is 2.81. The highest BCUT2D eigenvalue weighted by Gasteiger charge is 2.16. The van der Waals surface area contributed by atoms with Gasteiger partial charge in [0.05, 0.1) is 27.0 Å². The number of methoxy groups -OCH3 is 3. The van der Waals surface area contributed by atoms with Crippen molar-refractivity contribution in [2.75, 3.05) is 32.4 Å². The Morgan fingerprint density at radius 3 is 2.21 bits per heavy atom. The lowest BCUT2D eigenvalue weighted by molar-refractivity contribution is 0.102. The van der Waals surface area contributed by atoms with Crippen molar-refractivity contribution in [3.63, 3.8) is 0 Å². The summed E-state index contributed by atoms with van der Waals surface area (Å²) in [6.07, 6.45) is 0. The van der Waals surface area contributed by atoms with Crippen molar-refractivity contribution in [2.24, 2.45) is 0 Å². The first-order chi connectivity index (χ1) is 13.5. The molecule has 7 nitrogen and oxygen atoms in total. The molecule has 0 saturated heterocycles. The van der Waals surface area contributed by atoms with E-state index in [9.17, 15) is 4.79 Å². The first-order valence-corrected chi connectivity index (χ1v) is 8.50. The van der Waals surface area contributed by atoms with Gasteiger partial charge in [0, 0.05) is 29.1 Å². The first kappa shape index (κ1) is 19.0. The molecule has 0 bridgehead atoms. The number of nitrogens with two attached hydrogens (primary N) is 1. The van der Waals surface area contributed by atoms with Crippen LogP contribution in [0.4, 0.5) is 11.4 Å². The standard InChI is InChI=1S/C21H21N3O4/c1-26-18-11-15(12-19(27-2)20(18)28-3)23-21(25)17-9-5-8-16(24-17)13-6-4-7-14(22)10-13/h4-12H,22H2,1-3H3,(H,23,25). The van der Waals surface area contributed by atoms with Crippen LogP contribution in [0.5, 0.6) is 17.2 Å². The van der Waals surface area contributed by atoms with Crippen LogP contribution < -0.4 is 25.3 Å². The third-order valence-electron chi connectivity index (χ3n) is 4.09. The van der Waals surface area contributed by atoms with Crippen LogP contribution in [0.15, 0.2) is 54.6 Å². The third-order valence-corrected chi connectivity index (χ3v) is 4.09. The number of carbonyl (C=O) groups is 1. The Morgan fingerprint density at radius 2 is 1.61 bits per heavy atom. The number of carbonyl (C=O) groups excluding carboxylic acids is 1. The molecule has 1 amide bonds. The van der Waals surface area contributed by atoms with Crippen molar-refractivity contribution < 1.29 is 19.0 Å². The molecule has 144 valence electrons. The van der Waals surface area contributed by atoms with Gasteiger partial charge < -0.3 is 25.3 Å². The van der Waals surface area contributed by atoms with Crippen LogP contribution in [0.2, 0.25) is 0 Å². The van der Waals surface area contributed by atoms with Crippen molar-refractivity contribution in [3.8, 4) is 28.5 Å². The predicted octanol–water partition coefficient (Wildman–Crippen LogP) is 3.61. The molecule has 0 fully saturated rings. The number of amides is 1. The number of nitrogens with one attached hydrogen (secondary N) is 1. The number of benzene rings is 2. The maximum Gasteiger partial charge on any atom is 0.274 e. The third kappa shape index (κ3) is 3.98. The van der Waals surface area contributed by atoms with Crippen molar-refractivity contribution in [1.82, 2.24) is 4.98 Å². The van der Waals surface area contributed by atoms with Gasteiger partial charge in [-0.3, -0.25) is 4.79 Å². The average Bonchev–Trinajstić information content (AvgIpc) is 2.73. The summed E-state index contributed by atoms with van der Waals surface area (Å²) in [4.78, 5) is 17.2. The normalized spacial score (nSPS) is 10.2. The monoisotopic (exact) mass is 379 g/mol. The van der Waals surface area contributed by atoms with E-state index in [1.54, 1.807) is 30.3 Å². The molecule has 1 heterocycles. The van der Waals surface area contributed by atoms with Crippen molar-refractivity contribution >= 4 is 17.3 Å². The zero-order valence-electron chi connectivity index (χ0n) is 15.9.